The maximum Gasteiger partial charge on any atom is 0.243 e. The molecule has 41 heavy (non-hydrogen) atoms. The van der Waals surface area contributed by atoms with Crippen LogP contribution in [0.2, 0.25) is 0 Å². The SMILES string of the molecule is Cc1ccc(C[C@@H]2C[C@@H](C(=O)NCc3ccc4c(c3)nnn4C)N(C(=O)[C@H](N)CCC(=O)N3CCNCC3)C2)cc1. The Labute approximate surface area is 240 Å². The number of hydrogen-bond donors (Lipinski definition) is 3. The second-order valence-electron chi connectivity index (χ2n) is 11.3. The molecule has 5 rings (SSSR count). The molecule has 0 unspecified atom stereocenters. The first-order chi connectivity index (χ1) is 19.8. The minimum Gasteiger partial charge on any atom is -0.350 e. The van der Waals surface area contributed by atoms with E-state index in [1.54, 1.807) is 9.58 Å². The van der Waals surface area contributed by atoms with Gasteiger partial charge in [-0.15, -0.1) is 5.10 Å². The topological polar surface area (TPSA) is 138 Å². The second kappa shape index (κ2) is 12.8. The van der Waals surface area contributed by atoms with Crippen molar-refractivity contribution in [2.24, 2.45) is 18.7 Å². The molecule has 11 heteroatoms. The zero-order valence-electron chi connectivity index (χ0n) is 23.9. The Kier molecular flexibility index (Phi) is 8.94. The van der Waals surface area contributed by atoms with Crippen LogP contribution < -0.4 is 16.4 Å². The molecule has 0 aliphatic carbocycles. The van der Waals surface area contributed by atoms with Gasteiger partial charge in [-0.25, -0.2) is 4.68 Å². The van der Waals surface area contributed by atoms with E-state index in [-0.39, 0.29) is 36.5 Å². The lowest BCUT2D eigenvalue weighted by atomic mass is 9.96. The molecule has 2 aromatic carbocycles. The van der Waals surface area contributed by atoms with Gasteiger partial charge in [-0.1, -0.05) is 41.1 Å². The van der Waals surface area contributed by atoms with Crippen molar-refractivity contribution in [1.29, 1.82) is 0 Å². The Morgan fingerprint density at radius 3 is 2.59 bits per heavy atom. The zero-order valence-corrected chi connectivity index (χ0v) is 23.9. The number of likely N-dealkylation sites (tertiary alicyclic amines) is 1. The number of carbonyl (C=O) groups excluding carboxylic acids is 3. The summed E-state index contributed by atoms with van der Waals surface area (Å²) in [4.78, 5) is 43.2. The average Bonchev–Trinajstić information content (AvgIpc) is 3.58. The summed E-state index contributed by atoms with van der Waals surface area (Å²) in [5.74, 6) is -0.329. The molecule has 1 aromatic heterocycles. The van der Waals surface area contributed by atoms with E-state index in [2.05, 4.69) is 52.1 Å². The lowest BCUT2D eigenvalue weighted by molar-refractivity contribution is -0.140. The van der Waals surface area contributed by atoms with Gasteiger partial charge >= 0.3 is 0 Å². The Bertz CT molecular complexity index is 1380. The van der Waals surface area contributed by atoms with Gasteiger partial charge in [0.1, 0.15) is 11.6 Å². The van der Waals surface area contributed by atoms with E-state index in [1.807, 2.05) is 30.1 Å². The minimum absolute atomic E-state index is 0.0165. The molecule has 3 heterocycles. The highest BCUT2D eigenvalue weighted by Crippen LogP contribution is 2.28. The fourth-order valence-corrected chi connectivity index (χ4v) is 5.81. The van der Waals surface area contributed by atoms with Crippen molar-refractivity contribution >= 4 is 28.8 Å². The third kappa shape index (κ3) is 6.91. The molecule has 0 spiro atoms. The van der Waals surface area contributed by atoms with Gasteiger partial charge in [0.2, 0.25) is 17.7 Å². The summed E-state index contributed by atoms with van der Waals surface area (Å²) in [6, 6.07) is 12.7. The number of piperazine rings is 1. The predicted octanol–water partition coefficient (Wildman–Crippen LogP) is 0.892. The predicted molar refractivity (Wildman–Crippen MR) is 156 cm³/mol. The standard InChI is InChI=1S/C30H40N8O3/c1-20-3-5-21(6-4-20)15-23-17-27(29(40)33-18-22-7-9-26-25(16-22)34-35-36(26)2)38(19-23)30(41)24(31)8-10-28(39)37-13-11-32-12-14-37/h3-7,9,16,23-24,27,32H,8,10-15,17-19,31H2,1-2H3,(H,33,40)/t23-,24-,27+/m1/s1. The first kappa shape index (κ1) is 28.7. The van der Waals surface area contributed by atoms with Crippen LogP contribution in [0.5, 0.6) is 0 Å². The molecule has 3 amide bonds. The smallest absolute Gasteiger partial charge is 0.243 e. The van der Waals surface area contributed by atoms with Crippen LogP contribution >= 0.6 is 0 Å². The first-order valence-electron chi connectivity index (χ1n) is 14.4. The van der Waals surface area contributed by atoms with Crippen LogP contribution in [0.3, 0.4) is 0 Å². The van der Waals surface area contributed by atoms with Crippen LogP contribution in [0.4, 0.5) is 0 Å². The van der Waals surface area contributed by atoms with Crippen molar-refractivity contribution < 1.29 is 14.4 Å². The van der Waals surface area contributed by atoms with Crippen molar-refractivity contribution in [2.45, 2.75) is 51.2 Å². The van der Waals surface area contributed by atoms with E-state index in [4.69, 9.17) is 5.73 Å². The number of nitrogens with two attached hydrogens (primary N) is 1. The van der Waals surface area contributed by atoms with E-state index >= 15 is 0 Å². The van der Waals surface area contributed by atoms with Gasteiger partial charge in [0.15, 0.2) is 0 Å². The molecule has 2 aliphatic heterocycles. The summed E-state index contributed by atoms with van der Waals surface area (Å²) in [5.41, 5.74) is 11.3. The molecule has 0 radical (unpaired) electrons. The van der Waals surface area contributed by atoms with Crippen molar-refractivity contribution in [3.8, 4) is 0 Å². The van der Waals surface area contributed by atoms with Crippen LogP contribution in [0.15, 0.2) is 42.5 Å². The highest BCUT2D eigenvalue weighted by molar-refractivity contribution is 5.91. The summed E-state index contributed by atoms with van der Waals surface area (Å²) in [7, 11) is 1.83. The normalized spacial score (nSPS) is 19.9. The number of fused-ring (bicyclic) bond motifs is 1. The number of rotatable bonds is 9. The highest BCUT2D eigenvalue weighted by Gasteiger charge is 2.41. The number of aromatic nitrogens is 3. The molecular weight excluding hydrogens is 520 g/mol. The van der Waals surface area contributed by atoms with E-state index in [0.29, 0.717) is 32.6 Å². The van der Waals surface area contributed by atoms with Crippen LogP contribution in [0, 0.1) is 12.8 Å². The van der Waals surface area contributed by atoms with E-state index < -0.39 is 12.1 Å². The lowest BCUT2D eigenvalue weighted by Gasteiger charge is -2.29. The fraction of sp³-hybridized carbons (Fsp3) is 0.500. The minimum atomic E-state index is -0.839. The molecule has 2 saturated heterocycles. The fourth-order valence-electron chi connectivity index (χ4n) is 5.81. The number of benzene rings is 2. The molecule has 2 aliphatic rings. The number of hydrogen-bond acceptors (Lipinski definition) is 7. The average molecular weight is 561 g/mol. The quantitative estimate of drug-likeness (QED) is 0.353. The molecule has 0 bridgehead atoms. The van der Waals surface area contributed by atoms with Gasteiger partial charge in [-0.3, -0.25) is 14.4 Å². The monoisotopic (exact) mass is 560 g/mol. The molecule has 2 fully saturated rings. The molecular formula is C30H40N8O3. The Morgan fingerprint density at radius 2 is 1.83 bits per heavy atom. The first-order valence-corrected chi connectivity index (χ1v) is 14.4. The van der Waals surface area contributed by atoms with Crippen LogP contribution in [-0.2, 0) is 34.4 Å². The van der Waals surface area contributed by atoms with E-state index in [9.17, 15) is 14.4 Å². The molecule has 11 nitrogen and oxygen atoms in total. The number of carbonyl (C=O) groups is 3. The van der Waals surface area contributed by atoms with Crippen molar-refractivity contribution in [3.63, 3.8) is 0 Å². The Morgan fingerprint density at radius 1 is 1.10 bits per heavy atom. The van der Waals surface area contributed by atoms with Crippen LogP contribution in [-0.4, -0.2) is 87.3 Å². The van der Waals surface area contributed by atoms with Crippen molar-refractivity contribution in [3.05, 3.63) is 59.2 Å². The van der Waals surface area contributed by atoms with E-state index in [1.165, 1.54) is 11.1 Å². The summed E-state index contributed by atoms with van der Waals surface area (Å²) >= 11 is 0. The number of nitrogens with zero attached hydrogens (tertiary/aromatic N) is 5. The molecule has 0 saturated carbocycles. The summed E-state index contributed by atoms with van der Waals surface area (Å²) < 4.78 is 1.70. The van der Waals surface area contributed by atoms with Gasteiger partial charge in [0.25, 0.3) is 0 Å². The molecule has 3 aromatic rings. The Balaban J connectivity index is 1.24. The summed E-state index contributed by atoms with van der Waals surface area (Å²) in [5, 5.41) is 14.5. The maximum atomic E-state index is 13.6. The Hall–Kier alpha value is -3.83. The number of aryl methyl sites for hydroxylation is 2. The number of nitrogens with one attached hydrogen (secondary N) is 2. The van der Waals surface area contributed by atoms with E-state index in [0.717, 1.165) is 36.1 Å². The van der Waals surface area contributed by atoms with Gasteiger partial charge in [-0.05, 0) is 55.4 Å². The molecule has 3 atom stereocenters. The van der Waals surface area contributed by atoms with Gasteiger partial charge in [-0.2, -0.15) is 0 Å². The molecule has 218 valence electrons. The van der Waals surface area contributed by atoms with Gasteiger partial charge in [0, 0.05) is 52.7 Å². The molecule has 4 N–H and O–H groups in total. The lowest BCUT2D eigenvalue weighted by Crippen LogP contribution is -2.51. The largest absolute Gasteiger partial charge is 0.350 e. The third-order valence-electron chi connectivity index (χ3n) is 8.22. The highest BCUT2D eigenvalue weighted by atomic mass is 16.2. The zero-order chi connectivity index (χ0) is 28.9. The second-order valence-corrected chi connectivity index (χ2v) is 11.3. The summed E-state index contributed by atoms with van der Waals surface area (Å²) in [6.07, 6.45) is 1.80. The van der Waals surface area contributed by atoms with Gasteiger partial charge in [0.05, 0.1) is 11.6 Å². The van der Waals surface area contributed by atoms with Crippen LogP contribution in [0.25, 0.3) is 11.0 Å². The van der Waals surface area contributed by atoms with Crippen molar-refractivity contribution in [2.75, 3.05) is 32.7 Å². The van der Waals surface area contributed by atoms with Crippen LogP contribution in [0.1, 0.15) is 36.0 Å². The summed E-state index contributed by atoms with van der Waals surface area (Å²) in [6.45, 7) is 5.71. The van der Waals surface area contributed by atoms with Crippen molar-refractivity contribution in [1.82, 2.24) is 35.4 Å². The number of amides is 3. The maximum absolute atomic E-state index is 13.6. The van der Waals surface area contributed by atoms with Gasteiger partial charge < -0.3 is 26.2 Å². The third-order valence-corrected chi connectivity index (χ3v) is 8.22.